The molecule has 0 bridgehead atoms. The Labute approximate surface area is 242 Å². The second kappa shape index (κ2) is 12.0. The summed E-state index contributed by atoms with van der Waals surface area (Å²) in [5.41, 5.74) is 2.39. The summed E-state index contributed by atoms with van der Waals surface area (Å²) in [7, 11) is 1.33. The molecule has 42 heavy (non-hydrogen) atoms. The van der Waals surface area contributed by atoms with Crippen molar-refractivity contribution in [1.29, 1.82) is 0 Å². The van der Waals surface area contributed by atoms with E-state index in [9.17, 15) is 14.4 Å². The molecule has 2 aromatic carbocycles. The lowest BCUT2D eigenvalue weighted by molar-refractivity contribution is -0.207. The van der Waals surface area contributed by atoms with Gasteiger partial charge >= 0.3 is 11.9 Å². The van der Waals surface area contributed by atoms with Crippen LogP contribution in [-0.4, -0.2) is 75.4 Å². The molecule has 2 N–H and O–H groups in total. The van der Waals surface area contributed by atoms with E-state index in [-0.39, 0.29) is 11.4 Å². The first-order chi connectivity index (χ1) is 20.1. The predicted molar refractivity (Wildman–Crippen MR) is 157 cm³/mol. The molecule has 0 atom stereocenters. The number of methoxy groups -OCH3 is 1. The molecule has 0 amide bonds. The Bertz CT molecular complexity index is 1640. The zero-order valence-electron chi connectivity index (χ0n) is 24.0. The van der Waals surface area contributed by atoms with Gasteiger partial charge in [0, 0.05) is 44.0 Å². The van der Waals surface area contributed by atoms with Crippen LogP contribution in [0.3, 0.4) is 0 Å². The maximum Gasteiger partial charge on any atom is 0.337 e. The zero-order valence-corrected chi connectivity index (χ0v) is 24.0. The van der Waals surface area contributed by atoms with Crippen molar-refractivity contribution in [2.24, 2.45) is 5.41 Å². The standard InChI is InChI=1S/C30H33N7O5/c1-30(2,3)29(40)42-37-15-13-36(14-16-37)18-19-5-11-22(12-6-19)32-26-24-23(17-31-35-27(24)38)33-25(34-26)20-7-9-21(10-8-20)28(39)41-4/h5-12,17H,13-16,18H2,1-4H3,(H,35,38)(H,32,33,34). The van der Waals surface area contributed by atoms with Crippen molar-refractivity contribution in [3.05, 3.63) is 76.2 Å². The first-order valence-electron chi connectivity index (χ1n) is 13.6. The number of fused-ring (bicyclic) bond motifs is 1. The molecule has 0 spiro atoms. The molecule has 0 unspecified atom stereocenters. The number of nitrogens with zero attached hydrogens (tertiary/aromatic N) is 5. The summed E-state index contributed by atoms with van der Waals surface area (Å²) < 4.78 is 4.77. The summed E-state index contributed by atoms with van der Waals surface area (Å²) in [6.07, 6.45) is 1.48. The number of hydrogen-bond acceptors (Lipinski definition) is 11. The number of aromatic amines is 1. The summed E-state index contributed by atoms with van der Waals surface area (Å²) in [6.45, 7) is 9.16. The highest BCUT2D eigenvalue weighted by Gasteiger charge is 2.28. The van der Waals surface area contributed by atoms with Crippen LogP contribution >= 0.6 is 0 Å². The van der Waals surface area contributed by atoms with E-state index < -0.39 is 16.9 Å². The van der Waals surface area contributed by atoms with Crippen LogP contribution < -0.4 is 10.9 Å². The molecule has 0 radical (unpaired) electrons. The Kier molecular flexibility index (Phi) is 8.27. The van der Waals surface area contributed by atoms with Gasteiger partial charge in [0.1, 0.15) is 16.7 Å². The average Bonchev–Trinajstić information content (AvgIpc) is 2.98. The van der Waals surface area contributed by atoms with Gasteiger partial charge in [0.15, 0.2) is 5.82 Å². The van der Waals surface area contributed by atoms with Gasteiger partial charge in [-0.2, -0.15) is 5.10 Å². The Morgan fingerprint density at radius 3 is 2.31 bits per heavy atom. The highest BCUT2D eigenvalue weighted by molar-refractivity contribution is 5.92. The minimum absolute atomic E-state index is 0.225. The van der Waals surface area contributed by atoms with Crippen molar-refractivity contribution in [1.82, 2.24) is 30.1 Å². The maximum atomic E-state index is 12.7. The third-order valence-corrected chi connectivity index (χ3v) is 6.86. The van der Waals surface area contributed by atoms with Crippen molar-refractivity contribution in [2.45, 2.75) is 27.3 Å². The minimum Gasteiger partial charge on any atom is -0.465 e. The molecule has 0 saturated carbocycles. The Morgan fingerprint density at radius 2 is 1.67 bits per heavy atom. The molecule has 4 aromatic rings. The number of H-pyrrole nitrogens is 1. The number of benzene rings is 2. The maximum absolute atomic E-state index is 12.7. The summed E-state index contributed by atoms with van der Waals surface area (Å²) in [5, 5.41) is 11.6. The smallest absolute Gasteiger partial charge is 0.337 e. The molecule has 1 aliphatic rings. The lowest BCUT2D eigenvalue weighted by atomic mass is 9.98. The Hall–Kier alpha value is -4.68. The van der Waals surface area contributed by atoms with Gasteiger partial charge in [-0.1, -0.05) is 24.3 Å². The van der Waals surface area contributed by atoms with Crippen LogP contribution in [0.1, 0.15) is 36.7 Å². The van der Waals surface area contributed by atoms with Crippen molar-refractivity contribution in [3.8, 4) is 11.4 Å². The van der Waals surface area contributed by atoms with Crippen LogP contribution in [0.15, 0.2) is 59.5 Å². The molecule has 1 fully saturated rings. The number of nitrogens with one attached hydrogen (secondary N) is 2. The van der Waals surface area contributed by atoms with E-state index in [1.165, 1.54) is 13.3 Å². The van der Waals surface area contributed by atoms with Crippen LogP contribution in [-0.2, 0) is 20.9 Å². The number of piperazine rings is 1. The third-order valence-electron chi connectivity index (χ3n) is 6.86. The molecule has 5 rings (SSSR count). The van der Waals surface area contributed by atoms with Crippen LogP contribution in [0.4, 0.5) is 11.5 Å². The van der Waals surface area contributed by atoms with Gasteiger partial charge in [-0.3, -0.25) is 9.69 Å². The number of carbonyl (C=O) groups is 2. The zero-order chi connectivity index (χ0) is 29.9. The van der Waals surface area contributed by atoms with Gasteiger partial charge < -0.3 is 14.9 Å². The van der Waals surface area contributed by atoms with Crippen molar-refractivity contribution >= 4 is 34.3 Å². The number of carbonyl (C=O) groups excluding carboxylic acids is 2. The van der Waals surface area contributed by atoms with E-state index in [2.05, 4.69) is 30.4 Å². The number of hydroxylamine groups is 2. The molecule has 2 aromatic heterocycles. The Balaban J connectivity index is 1.29. The number of hydrogen-bond donors (Lipinski definition) is 2. The largest absolute Gasteiger partial charge is 0.465 e. The highest BCUT2D eigenvalue weighted by Crippen LogP contribution is 2.26. The van der Waals surface area contributed by atoms with E-state index in [0.29, 0.717) is 41.4 Å². The molecule has 12 heteroatoms. The topological polar surface area (TPSA) is 143 Å². The lowest BCUT2D eigenvalue weighted by Crippen LogP contribution is -2.47. The normalized spacial score (nSPS) is 14.5. The fourth-order valence-electron chi connectivity index (χ4n) is 4.42. The van der Waals surface area contributed by atoms with Crippen LogP contribution in [0, 0.1) is 5.41 Å². The van der Waals surface area contributed by atoms with Gasteiger partial charge in [0.25, 0.3) is 5.56 Å². The first-order valence-corrected chi connectivity index (χ1v) is 13.6. The fraction of sp³-hybridized carbons (Fsp3) is 0.333. The van der Waals surface area contributed by atoms with Crippen LogP contribution in [0.25, 0.3) is 22.3 Å². The summed E-state index contributed by atoms with van der Waals surface area (Å²) >= 11 is 0. The molecular weight excluding hydrogens is 538 g/mol. The molecule has 3 heterocycles. The summed E-state index contributed by atoms with van der Waals surface area (Å²) in [5.74, 6) is 0.0471. The number of aromatic nitrogens is 4. The molecule has 1 aliphatic heterocycles. The van der Waals surface area contributed by atoms with E-state index >= 15 is 0 Å². The predicted octanol–water partition coefficient (Wildman–Crippen LogP) is 3.53. The monoisotopic (exact) mass is 571 g/mol. The highest BCUT2D eigenvalue weighted by atomic mass is 16.7. The fourth-order valence-corrected chi connectivity index (χ4v) is 4.42. The summed E-state index contributed by atoms with van der Waals surface area (Å²) in [4.78, 5) is 53.7. The van der Waals surface area contributed by atoms with E-state index in [1.54, 1.807) is 29.3 Å². The number of rotatable bonds is 7. The third kappa shape index (κ3) is 6.61. The molecular formula is C30H33N7O5. The van der Waals surface area contributed by atoms with Crippen molar-refractivity contribution in [3.63, 3.8) is 0 Å². The first kappa shape index (κ1) is 28.8. The summed E-state index contributed by atoms with van der Waals surface area (Å²) in [6, 6.07) is 14.6. The SMILES string of the molecule is COC(=O)c1ccc(-c2nc(Nc3ccc(CN4CCN(OC(=O)C(C)(C)C)CC4)cc3)c3c(=O)[nH]ncc3n2)cc1. The van der Waals surface area contributed by atoms with Gasteiger partial charge in [0.2, 0.25) is 0 Å². The second-order valence-electron chi connectivity index (χ2n) is 11.1. The number of anilines is 2. The number of ether oxygens (including phenoxy) is 1. The van der Waals surface area contributed by atoms with Gasteiger partial charge in [0.05, 0.1) is 24.3 Å². The van der Waals surface area contributed by atoms with E-state index in [1.807, 2.05) is 45.0 Å². The molecule has 0 aliphatic carbocycles. The minimum atomic E-state index is -0.533. The van der Waals surface area contributed by atoms with Gasteiger partial charge in [-0.25, -0.2) is 24.7 Å². The quantitative estimate of drug-likeness (QED) is 0.315. The van der Waals surface area contributed by atoms with E-state index in [4.69, 9.17) is 9.57 Å². The lowest BCUT2D eigenvalue weighted by Gasteiger charge is -2.34. The van der Waals surface area contributed by atoms with E-state index in [0.717, 1.165) is 30.9 Å². The average molecular weight is 572 g/mol. The number of esters is 1. The Morgan fingerprint density at radius 1 is 0.976 bits per heavy atom. The van der Waals surface area contributed by atoms with Crippen molar-refractivity contribution < 1.29 is 19.2 Å². The van der Waals surface area contributed by atoms with Crippen LogP contribution in [0.5, 0.6) is 0 Å². The van der Waals surface area contributed by atoms with Gasteiger partial charge in [-0.15, -0.1) is 5.06 Å². The van der Waals surface area contributed by atoms with Crippen LogP contribution in [0.2, 0.25) is 0 Å². The molecule has 12 nitrogen and oxygen atoms in total. The molecule has 218 valence electrons. The van der Waals surface area contributed by atoms with Crippen molar-refractivity contribution in [2.75, 3.05) is 38.6 Å². The second-order valence-corrected chi connectivity index (χ2v) is 11.1. The van der Waals surface area contributed by atoms with Gasteiger partial charge in [-0.05, 0) is 50.6 Å². The molecule has 1 saturated heterocycles.